The molecular formula is C10H11F2N3. The number of halogens is 2. The summed E-state index contributed by atoms with van der Waals surface area (Å²) >= 11 is 0. The Morgan fingerprint density at radius 2 is 1.87 bits per heavy atom. The van der Waals surface area contributed by atoms with Gasteiger partial charge in [-0.15, -0.1) is 0 Å². The van der Waals surface area contributed by atoms with Crippen LogP contribution in [0.4, 0.5) is 8.78 Å². The summed E-state index contributed by atoms with van der Waals surface area (Å²) in [6.07, 6.45) is -3.13. The molecule has 1 rings (SSSR count). The molecule has 0 bridgehead atoms. The van der Waals surface area contributed by atoms with Gasteiger partial charge in [-0.25, -0.2) is 8.78 Å². The lowest BCUT2D eigenvalue weighted by Crippen LogP contribution is -2.22. The minimum Gasteiger partial charge on any atom is -0.247 e. The van der Waals surface area contributed by atoms with Crippen molar-refractivity contribution in [3.8, 4) is 0 Å². The molecule has 80 valence electrons. The van der Waals surface area contributed by atoms with Crippen molar-refractivity contribution in [2.45, 2.75) is 25.3 Å². The van der Waals surface area contributed by atoms with E-state index in [1.165, 1.54) is 19.1 Å². The van der Waals surface area contributed by atoms with Crippen LogP contribution in [0.25, 0.3) is 10.4 Å². The zero-order valence-electron chi connectivity index (χ0n) is 8.22. The third-order valence-electron chi connectivity index (χ3n) is 2.07. The van der Waals surface area contributed by atoms with Crippen molar-refractivity contribution in [1.82, 2.24) is 0 Å². The maximum Gasteiger partial charge on any atom is 0.136 e. The number of rotatable bonds is 4. The molecule has 1 unspecified atom stereocenters. The van der Waals surface area contributed by atoms with Crippen LogP contribution in [0.3, 0.4) is 0 Å². The Labute approximate surface area is 86.4 Å². The van der Waals surface area contributed by atoms with E-state index in [0.717, 1.165) is 0 Å². The molecule has 15 heavy (non-hydrogen) atoms. The van der Waals surface area contributed by atoms with Crippen LogP contribution in [0, 0.1) is 0 Å². The Morgan fingerprint density at radius 1 is 1.27 bits per heavy atom. The second kappa shape index (κ2) is 5.32. The van der Waals surface area contributed by atoms with E-state index in [-0.39, 0.29) is 0 Å². The Morgan fingerprint density at radius 3 is 2.33 bits per heavy atom. The van der Waals surface area contributed by atoms with Gasteiger partial charge in [0.2, 0.25) is 0 Å². The van der Waals surface area contributed by atoms with E-state index in [2.05, 4.69) is 10.0 Å². The van der Waals surface area contributed by atoms with Gasteiger partial charge in [-0.2, -0.15) is 0 Å². The molecule has 3 atom stereocenters. The first-order chi connectivity index (χ1) is 7.16. The predicted molar refractivity (Wildman–Crippen MR) is 53.8 cm³/mol. The standard InChI is InChI=1S/C10H11F2N3/c1-7(11)10(14-15-13)9(12)8-5-3-2-4-6-8/h2-7,9-10H,1H3/t7?,9-,10-/m0/s1. The van der Waals surface area contributed by atoms with Crippen LogP contribution in [0.1, 0.15) is 18.7 Å². The molecule has 0 radical (unpaired) electrons. The fourth-order valence-electron chi connectivity index (χ4n) is 1.28. The van der Waals surface area contributed by atoms with Gasteiger partial charge < -0.3 is 0 Å². The van der Waals surface area contributed by atoms with Crippen LogP contribution in [0.2, 0.25) is 0 Å². The van der Waals surface area contributed by atoms with Gasteiger partial charge in [0.15, 0.2) is 0 Å². The monoisotopic (exact) mass is 211 g/mol. The van der Waals surface area contributed by atoms with E-state index in [1.54, 1.807) is 18.2 Å². The maximum atomic E-state index is 13.7. The van der Waals surface area contributed by atoms with Crippen molar-refractivity contribution in [2.75, 3.05) is 0 Å². The normalized spacial score (nSPS) is 16.2. The second-order valence-corrected chi connectivity index (χ2v) is 3.19. The van der Waals surface area contributed by atoms with Gasteiger partial charge >= 0.3 is 0 Å². The maximum absolute atomic E-state index is 13.7. The van der Waals surface area contributed by atoms with Gasteiger partial charge in [0, 0.05) is 4.91 Å². The van der Waals surface area contributed by atoms with Crippen molar-refractivity contribution in [3.63, 3.8) is 0 Å². The minimum atomic E-state index is -1.61. The molecular weight excluding hydrogens is 200 g/mol. The highest BCUT2D eigenvalue weighted by molar-refractivity contribution is 5.19. The highest BCUT2D eigenvalue weighted by atomic mass is 19.1. The number of hydrogen-bond donors (Lipinski definition) is 0. The summed E-state index contributed by atoms with van der Waals surface area (Å²) in [6.45, 7) is 1.18. The van der Waals surface area contributed by atoms with Crippen LogP contribution in [-0.2, 0) is 0 Å². The van der Waals surface area contributed by atoms with Crippen molar-refractivity contribution < 1.29 is 8.78 Å². The molecule has 0 aromatic heterocycles. The Balaban J connectivity index is 2.90. The van der Waals surface area contributed by atoms with Crippen LogP contribution >= 0.6 is 0 Å². The lowest BCUT2D eigenvalue weighted by Gasteiger charge is -2.17. The molecule has 0 aliphatic carbocycles. The highest BCUT2D eigenvalue weighted by Gasteiger charge is 2.26. The molecule has 0 amide bonds. The molecule has 5 heteroatoms. The largest absolute Gasteiger partial charge is 0.247 e. The molecule has 0 saturated heterocycles. The third kappa shape index (κ3) is 2.92. The molecule has 0 N–H and O–H groups in total. The van der Waals surface area contributed by atoms with Crippen LogP contribution < -0.4 is 0 Å². The average Bonchev–Trinajstić information content (AvgIpc) is 2.26. The summed E-state index contributed by atoms with van der Waals surface area (Å²) in [5, 5.41) is 3.13. The highest BCUT2D eigenvalue weighted by Crippen LogP contribution is 2.26. The van der Waals surface area contributed by atoms with Crippen molar-refractivity contribution in [1.29, 1.82) is 0 Å². The fourth-order valence-corrected chi connectivity index (χ4v) is 1.28. The Bertz CT molecular complexity index is 347. The Hall–Kier alpha value is -1.61. The van der Waals surface area contributed by atoms with E-state index >= 15 is 0 Å². The number of hydrogen-bond acceptors (Lipinski definition) is 1. The van der Waals surface area contributed by atoms with E-state index < -0.39 is 18.4 Å². The number of azide groups is 1. The summed E-state index contributed by atoms with van der Waals surface area (Å²) in [5.74, 6) is 0. The Kier molecular flexibility index (Phi) is 4.06. The molecule has 1 aromatic rings. The van der Waals surface area contributed by atoms with E-state index in [4.69, 9.17) is 5.53 Å². The molecule has 0 fully saturated rings. The summed E-state index contributed by atoms with van der Waals surface area (Å²) in [4.78, 5) is 2.45. The van der Waals surface area contributed by atoms with Crippen LogP contribution in [-0.4, -0.2) is 12.2 Å². The van der Waals surface area contributed by atoms with Crippen molar-refractivity contribution in [2.24, 2.45) is 5.11 Å². The topological polar surface area (TPSA) is 48.8 Å². The fraction of sp³-hybridized carbons (Fsp3) is 0.400. The van der Waals surface area contributed by atoms with Gasteiger partial charge in [0.05, 0.1) is 0 Å². The zero-order valence-corrected chi connectivity index (χ0v) is 8.22. The SMILES string of the molecule is CC(F)[C@H](N=[N+]=[N-])[C@@H](F)c1ccccc1. The van der Waals surface area contributed by atoms with Crippen LogP contribution in [0.15, 0.2) is 35.4 Å². The first kappa shape index (κ1) is 11.5. The smallest absolute Gasteiger partial charge is 0.136 e. The first-order valence-electron chi connectivity index (χ1n) is 4.54. The van der Waals surface area contributed by atoms with Crippen molar-refractivity contribution in [3.05, 3.63) is 46.3 Å². The second-order valence-electron chi connectivity index (χ2n) is 3.19. The van der Waals surface area contributed by atoms with E-state index in [1.807, 2.05) is 0 Å². The summed E-state index contributed by atoms with van der Waals surface area (Å²) in [6, 6.07) is 6.80. The zero-order chi connectivity index (χ0) is 11.3. The number of alkyl halides is 2. The van der Waals surface area contributed by atoms with Crippen LogP contribution in [0.5, 0.6) is 0 Å². The van der Waals surface area contributed by atoms with E-state index in [0.29, 0.717) is 5.56 Å². The van der Waals surface area contributed by atoms with Gasteiger partial charge in [-0.3, -0.25) is 0 Å². The molecule has 0 aliphatic rings. The lowest BCUT2D eigenvalue weighted by atomic mass is 10.0. The van der Waals surface area contributed by atoms with Gasteiger partial charge in [0.1, 0.15) is 18.4 Å². The molecule has 1 aromatic carbocycles. The quantitative estimate of drug-likeness (QED) is 0.414. The molecule has 0 saturated carbocycles. The van der Waals surface area contributed by atoms with Gasteiger partial charge in [-0.05, 0) is 18.0 Å². The van der Waals surface area contributed by atoms with Crippen molar-refractivity contribution >= 4 is 0 Å². The number of nitrogens with zero attached hydrogens (tertiary/aromatic N) is 3. The molecule has 0 aliphatic heterocycles. The van der Waals surface area contributed by atoms with E-state index in [9.17, 15) is 8.78 Å². The van der Waals surface area contributed by atoms with Gasteiger partial charge in [0.25, 0.3) is 0 Å². The average molecular weight is 211 g/mol. The summed E-state index contributed by atoms with van der Waals surface area (Å²) in [7, 11) is 0. The lowest BCUT2D eigenvalue weighted by molar-refractivity contribution is 0.196. The summed E-state index contributed by atoms with van der Waals surface area (Å²) in [5.41, 5.74) is 8.53. The third-order valence-corrected chi connectivity index (χ3v) is 2.07. The summed E-state index contributed by atoms with van der Waals surface area (Å²) < 4.78 is 26.7. The molecule has 0 spiro atoms. The number of benzene rings is 1. The van der Waals surface area contributed by atoms with Gasteiger partial charge in [-0.1, -0.05) is 35.4 Å². The molecule has 0 heterocycles. The predicted octanol–water partition coefficient (Wildman–Crippen LogP) is 3.73. The first-order valence-corrected chi connectivity index (χ1v) is 4.54. The minimum absolute atomic E-state index is 0.319. The molecule has 3 nitrogen and oxygen atoms in total.